The van der Waals surface area contributed by atoms with E-state index in [2.05, 4.69) is 15.3 Å². The lowest BCUT2D eigenvalue weighted by molar-refractivity contribution is -0.129. The maximum absolute atomic E-state index is 13.0. The van der Waals surface area contributed by atoms with Crippen LogP contribution >= 0.6 is 0 Å². The summed E-state index contributed by atoms with van der Waals surface area (Å²) in [6.07, 6.45) is 6.89. The smallest absolute Gasteiger partial charge is 0.226 e. The zero-order chi connectivity index (χ0) is 20.1. The summed E-state index contributed by atoms with van der Waals surface area (Å²) in [4.78, 5) is 35.7. The number of aryl methyl sites for hydroxylation is 1. The Labute approximate surface area is 163 Å². The van der Waals surface area contributed by atoms with Crippen LogP contribution < -0.4 is 10.1 Å². The minimum Gasteiger partial charge on any atom is -0.496 e. The highest BCUT2D eigenvalue weighted by Crippen LogP contribution is 2.37. The Bertz CT molecular complexity index is 837. The van der Waals surface area contributed by atoms with Crippen LogP contribution in [0.4, 0.5) is 0 Å². The van der Waals surface area contributed by atoms with Crippen LogP contribution in [0.5, 0.6) is 5.75 Å². The SMILES string of the molecule is COCCN1C(=O)C[C@H](C(=O)NCc2cnccc2OC)[C@H]1c1nccn1C. The molecule has 0 bridgehead atoms. The number of hydrogen-bond acceptors (Lipinski definition) is 6. The summed E-state index contributed by atoms with van der Waals surface area (Å²) in [5.74, 6) is 0.519. The van der Waals surface area contributed by atoms with E-state index in [9.17, 15) is 9.59 Å². The van der Waals surface area contributed by atoms with Gasteiger partial charge >= 0.3 is 0 Å². The highest BCUT2D eigenvalue weighted by atomic mass is 16.5. The molecule has 1 fully saturated rings. The van der Waals surface area contributed by atoms with Crippen molar-refractivity contribution in [3.8, 4) is 5.75 Å². The normalized spacial score (nSPS) is 19.1. The van der Waals surface area contributed by atoms with E-state index in [1.165, 1.54) is 0 Å². The van der Waals surface area contributed by atoms with Crippen LogP contribution in [-0.2, 0) is 27.9 Å². The Hall–Kier alpha value is -2.94. The molecule has 3 heterocycles. The van der Waals surface area contributed by atoms with Gasteiger partial charge in [0.1, 0.15) is 17.6 Å². The molecular weight excluding hydrogens is 362 g/mol. The van der Waals surface area contributed by atoms with E-state index in [0.29, 0.717) is 24.7 Å². The van der Waals surface area contributed by atoms with E-state index in [1.807, 2.05) is 17.8 Å². The van der Waals surface area contributed by atoms with Crippen molar-refractivity contribution in [1.82, 2.24) is 24.8 Å². The predicted octanol–water partition coefficient (Wildman–Crippen LogP) is 0.676. The van der Waals surface area contributed by atoms with Gasteiger partial charge in [-0.05, 0) is 6.07 Å². The molecule has 9 heteroatoms. The monoisotopic (exact) mass is 387 g/mol. The summed E-state index contributed by atoms with van der Waals surface area (Å²) < 4.78 is 12.3. The summed E-state index contributed by atoms with van der Waals surface area (Å²) in [6, 6.07) is 1.31. The van der Waals surface area contributed by atoms with Crippen LogP contribution in [0.25, 0.3) is 0 Å². The molecule has 0 aromatic carbocycles. The van der Waals surface area contributed by atoms with Crippen LogP contribution in [-0.4, -0.2) is 58.6 Å². The van der Waals surface area contributed by atoms with Gasteiger partial charge in [0.05, 0.1) is 19.6 Å². The standard InChI is InChI=1S/C19H25N5O4/c1-23-7-6-21-18(23)17-14(10-16(25)24(17)8-9-27-2)19(26)22-12-13-11-20-5-4-15(13)28-3/h4-7,11,14,17H,8-10,12H2,1-3H3,(H,22,26)/t14-,17-/m0/s1. The van der Waals surface area contributed by atoms with Gasteiger partial charge in [0, 0.05) is 64.0 Å². The fourth-order valence-electron chi connectivity index (χ4n) is 3.52. The number of imidazole rings is 1. The van der Waals surface area contributed by atoms with Crippen molar-refractivity contribution < 1.29 is 19.1 Å². The number of ether oxygens (including phenoxy) is 2. The van der Waals surface area contributed by atoms with Crippen molar-refractivity contribution in [2.75, 3.05) is 27.4 Å². The average molecular weight is 387 g/mol. The molecule has 3 rings (SSSR count). The predicted molar refractivity (Wildman–Crippen MR) is 100 cm³/mol. The molecule has 9 nitrogen and oxygen atoms in total. The number of carbonyl (C=O) groups excluding carboxylic acids is 2. The number of pyridine rings is 1. The molecule has 0 aliphatic carbocycles. The van der Waals surface area contributed by atoms with Crippen LogP contribution in [0, 0.1) is 5.92 Å². The molecule has 2 aromatic heterocycles. The number of hydrogen-bond donors (Lipinski definition) is 1. The second-order valence-electron chi connectivity index (χ2n) is 6.64. The van der Waals surface area contributed by atoms with E-state index in [4.69, 9.17) is 9.47 Å². The second kappa shape index (κ2) is 8.83. The molecule has 1 N–H and O–H groups in total. The minimum absolute atomic E-state index is 0.0795. The Morgan fingerprint density at radius 3 is 2.86 bits per heavy atom. The molecule has 2 amide bonds. The molecule has 2 aromatic rings. The Kier molecular flexibility index (Phi) is 6.25. The molecule has 0 unspecified atom stereocenters. The summed E-state index contributed by atoms with van der Waals surface area (Å²) in [6.45, 7) is 1.08. The van der Waals surface area contributed by atoms with E-state index in [0.717, 1.165) is 5.56 Å². The molecule has 1 saturated heterocycles. The number of amides is 2. The van der Waals surface area contributed by atoms with Gasteiger partial charge in [-0.1, -0.05) is 0 Å². The van der Waals surface area contributed by atoms with Crippen molar-refractivity contribution in [3.05, 3.63) is 42.2 Å². The molecule has 150 valence electrons. The maximum Gasteiger partial charge on any atom is 0.226 e. The lowest BCUT2D eigenvalue weighted by Gasteiger charge is -2.27. The van der Waals surface area contributed by atoms with E-state index < -0.39 is 12.0 Å². The summed E-state index contributed by atoms with van der Waals surface area (Å²) in [5, 5.41) is 2.92. The molecule has 2 atom stereocenters. The number of carbonyl (C=O) groups is 2. The summed E-state index contributed by atoms with van der Waals surface area (Å²) >= 11 is 0. The third-order valence-electron chi connectivity index (χ3n) is 4.96. The number of likely N-dealkylation sites (tertiary alicyclic amines) is 1. The highest BCUT2D eigenvalue weighted by Gasteiger charge is 2.46. The Balaban J connectivity index is 1.79. The zero-order valence-electron chi connectivity index (χ0n) is 16.3. The Morgan fingerprint density at radius 2 is 2.18 bits per heavy atom. The first-order chi connectivity index (χ1) is 13.6. The van der Waals surface area contributed by atoms with Gasteiger partial charge < -0.3 is 24.3 Å². The van der Waals surface area contributed by atoms with Gasteiger partial charge in [-0.15, -0.1) is 0 Å². The van der Waals surface area contributed by atoms with Gasteiger partial charge in [-0.3, -0.25) is 14.6 Å². The topological polar surface area (TPSA) is 98.6 Å². The molecule has 0 spiro atoms. The first-order valence-electron chi connectivity index (χ1n) is 9.07. The fourth-order valence-corrected chi connectivity index (χ4v) is 3.52. The van der Waals surface area contributed by atoms with E-state index in [1.54, 1.807) is 43.8 Å². The third-order valence-corrected chi connectivity index (χ3v) is 4.96. The highest BCUT2D eigenvalue weighted by molar-refractivity contribution is 5.90. The van der Waals surface area contributed by atoms with E-state index in [-0.39, 0.29) is 24.8 Å². The minimum atomic E-state index is -0.534. The van der Waals surface area contributed by atoms with Gasteiger partial charge in [-0.25, -0.2) is 4.98 Å². The first kappa shape index (κ1) is 19.8. The molecule has 0 saturated carbocycles. The van der Waals surface area contributed by atoms with Crippen LogP contribution in [0.15, 0.2) is 30.9 Å². The van der Waals surface area contributed by atoms with Gasteiger partial charge in [0.15, 0.2) is 0 Å². The fraction of sp³-hybridized carbons (Fsp3) is 0.474. The number of methoxy groups -OCH3 is 2. The molecule has 1 aliphatic heterocycles. The molecular formula is C19H25N5O4. The zero-order valence-corrected chi connectivity index (χ0v) is 16.3. The number of aromatic nitrogens is 3. The van der Waals surface area contributed by atoms with E-state index >= 15 is 0 Å². The number of nitrogens with zero attached hydrogens (tertiary/aromatic N) is 4. The van der Waals surface area contributed by atoms with Crippen LogP contribution in [0.2, 0.25) is 0 Å². The number of rotatable bonds is 8. The van der Waals surface area contributed by atoms with Crippen molar-refractivity contribution >= 4 is 11.8 Å². The maximum atomic E-state index is 13.0. The first-order valence-corrected chi connectivity index (χ1v) is 9.07. The molecule has 1 aliphatic rings. The molecule has 0 radical (unpaired) electrons. The summed E-state index contributed by atoms with van der Waals surface area (Å²) in [5.41, 5.74) is 0.771. The van der Waals surface area contributed by atoms with Gasteiger partial charge in [0.2, 0.25) is 11.8 Å². The van der Waals surface area contributed by atoms with Crippen LogP contribution in [0.3, 0.4) is 0 Å². The van der Waals surface area contributed by atoms with Gasteiger partial charge in [0.25, 0.3) is 0 Å². The summed E-state index contributed by atoms with van der Waals surface area (Å²) in [7, 11) is 5.01. The van der Waals surface area contributed by atoms with Crippen molar-refractivity contribution in [3.63, 3.8) is 0 Å². The van der Waals surface area contributed by atoms with Crippen molar-refractivity contribution in [2.24, 2.45) is 13.0 Å². The average Bonchev–Trinajstić information content (AvgIpc) is 3.27. The lowest BCUT2D eigenvalue weighted by Crippen LogP contribution is -2.37. The van der Waals surface area contributed by atoms with Crippen molar-refractivity contribution in [1.29, 1.82) is 0 Å². The van der Waals surface area contributed by atoms with Gasteiger partial charge in [-0.2, -0.15) is 0 Å². The van der Waals surface area contributed by atoms with Crippen molar-refractivity contribution in [2.45, 2.75) is 19.0 Å². The quantitative estimate of drug-likeness (QED) is 0.715. The Morgan fingerprint density at radius 1 is 1.36 bits per heavy atom. The number of nitrogens with one attached hydrogen (secondary N) is 1. The lowest BCUT2D eigenvalue weighted by atomic mass is 9.98. The third kappa shape index (κ3) is 3.99. The largest absolute Gasteiger partial charge is 0.496 e. The molecule has 28 heavy (non-hydrogen) atoms. The second-order valence-corrected chi connectivity index (χ2v) is 6.64. The van der Waals surface area contributed by atoms with Crippen LogP contribution in [0.1, 0.15) is 23.9 Å².